The lowest BCUT2D eigenvalue weighted by atomic mass is 10.2. The van der Waals surface area contributed by atoms with E-state index in [1.807, 2.05) is 6.07 Å². The molecule has 0 bridgehead atoms. The molecule has 0 fully saturated rings. The Hall–Kier alpha value is -2.33. The zero-order valence-corrected chi connectivity index (χ0v) is 11.5. The molecule has 2 aromatic rings. The Bertz CT molecular complexity index is 660. The SMILES string of the molecule is COc1cc(Br)ccc1C(=O)Nc1[nH]ncc1C#N. The summed E-state index contributed by atoms with van der Waals surface area (Å²) in [6.07, 6.45) is 1.34. The summed E-state index contributed by atoms with van der Waals surface area (Å²) >= 11 is 3.30. The van der Waals surface area contributed by atoms with Crippen LogP contribution >= 0.6 is 15.9 Å². The number of nitrogens with one attached hydrogen (secondary N) is 2. The van der Waals surface area contributed by atoms with Gasteiger partial charge in [-0.2, -0.15) is 10.4 Å². The number of hydrogen-bond acceptors (Lipinski definition) is 4. The smallest absolute Gasteiger partial charge is 0.260 e. The van der Waals surface area contributed by atoms with Crippen molar-refractivity contribution in [2.24, 2.45) is 0 Å². The van der Waals surface area contributed by atoms with Crippen molar-refractivity contribution in [2.45, 2.75) is 0 Å². The monoisotopic (exact) mass is 320 g/mol. The van der Waals surface area contributed by atoms with Crippen LogP contribution in [-0.2, 0) is 0 Å². The quantitative estimate of drug-likeness (QED) is 0.907. The molecule has 0 aliphatic rings. The topological polar surface area (TPSA) is 90.8 Å². The van der Waals surface area contributed by atoms with E-state index < -0.39 is 0 Å². The van der Waals surface area contributed by atoms with E-state index in [2.05, 4.69) is 31.4 Å². The molecule has 6 nitrogen and oxygen atoms in total. The minimum atomic E-state index is -0.384. The molecule has 1 aromatic heterocycles. The summed E-state index contributed by atoms with van der Waals surface area (Å²) in [6, 6.07) is 6.97. The number of ether oxygens (including phenoxy) is 1. The normalized spacial score (nSPS) is 9.74. The molecule has 2 rings (SSSR count). The maximum Gasteiger partial charge on any atom is 0.260 e. The summed E-state index contributed by atoms with van der Waals surface area (Å²) in [7, 11) is 1.48. The van der Waals surface area contributed by atoms with Crippen LogP contribution < -0.4 is 10.1 Å². The number of nitriles is 1. The van der Waals surface area contributed by atoms with Gasteiger partial charge >= 0.3 is 0 Å². The molecule has 2 N–H and O–H groups in total. The average Bonchev–Trinajstić information content (AvgIpc) is 2.85. The molecule has 0 saturated carbocycles. The Kier molecular flexibility index (Phi) is 3.82. The van der Waals surface area contributed by atoms with Crippen LogP contribution in [0.5, 0.6) is 5.75 Å². The fraction of sp³-hybridized carbons (Fsp3) is 0.0833. The second kappa shape index (κ2) is 5.54. The molecular weight excluding hydrogens is 312 g/mol. The number of anilines is 1. The van der Waals surface area contributed by atoms with E-state index in [9.17, 15) is 4.79 Å². The molecule has 0 atom stereocenters. The Morgan fingerprint density at radius 2 is 2.37 bits per heavy atom. The minimum absolute atomic E-state index is 0.262. The van der Waals surface area contributed by atoms with Gasteiger partial charge in [-0.05, 0) is 18.2 Å². The van der Waals surface area contributed by atoms with E-state index in [1.54, 1.807) is 18.2 Å². The van der Waals surface area contributed by atoms with Crippen molar-refractivity contribution in [3.63, 3.8) is 0 Å². The lowest BCUT2D eigenvalue weighted by molar-refractivity contribution is 0.102. The Morgan fingerprint density at radius 1 is 1.58 bits per heavy atom. The predicted octanol–water partition coefficient (Wildman–Crippen LogP) is 2.30. The van der Waals surface area contributed by atoms with Crippen molar-refractivity contribution in [1.29, 1.82) is 5.26 Å². The predicted molar refractivity (Wildman–Crippen MR) is 71.9 cm³/mol. The maximum absolute atomic E-state index is 12.1. The maximum atomic E-state index is 12.1. The molecular formula is C12H9BrN4O2. The molecule has 0 spiro atoms. The molecule has 0 saturated heterocycles. The highest BCUT2D eigenvalue weighted by atomic mass is 79.9. The number of amides is 1. The second-order valence-electron chi connectivity index (χ2n) is 3.57. The highest BCUT2D eigenvalue weighted by Crippen LogP contribution is 2.24. The standard InChI is InChI=1S/C12H9BrN4O2/c1-19-10-4-8(13)2-3-9(10)12(18)16-11-7(5-14)6-15-17-11/h2-4,6H,1H3,(H2,15,16,17,18). The Morgan fingerprint density at radius 3 is 3.05 bits per heavy atom. The van der Waals surface area contributed by atoms with Crippen LogP contribution in [0.3, 0.4) is 0 Å². The summed E-state index contributed by atoms with van der Waals surface area (Å²) in [5.41, 5.74) is 0.633. The molecule has 1 heterocycles. The number of aromatic amines is 1. The molecule has 0 aliphatic heterocycles. The van der Waals surface area contributed by atoms with Crippen LogP contribution in [0, 0.1) is 11.3 Å². The van der Waals surface area contributed by atoms with Crippen molar-refractivity contribution in [3.05, 3.63) is 40.0 Å². The van der Waals surface area contributed by atoms with E-state index in [0.717, 1.165) is 4.47 Å². The molecule has 7 heteroatoms. The Labute approximate surface area is 117 Å². The van der Waals surface area contributed by atoms with Crippen LogP contribution in [0.25, 0.3) is 0 Å². The number of methoxy groups -OCH3 is 1. The van der Waals surface area contributed by atoms with E-state index >= 15 is 0 Å². The van der Waals surface area contributed by atoms with E-state index in [1.165, 1.54) is 13.3 Å². The lowest BCUT2D eigenvalue weighted by Crippen LogP contribution is -2.14. The number of aromatic nitrogens is 2. The number of H-pyrrole nitrogens is 1. The molecule has 0 aliphatic carbocycles. The van der Waals surface area contributed by atoms with Crippen molar-refractivity contribution in [3.8, 4) is 11.8 Å². The van der Waals surface area contributed by atoms with Crippen molar-refractivity contribution in [1.82, 2.24) is 10.2 Å². The third kappa shape index (κ3) is 2.74. The first-order valence-electron chi connectivity index (χ1n) is 5.24. The van der Waals surface area contributed by atoms with E-state index in [-0.39, 0.29) is 17.3 Å². The van der Waals surface area contributed by atoms with Gasteiger partial charge in [0, 0.05) is 4.47 Å². The summed E-state index contributed by atoms with van der Waals surface area (Å²) in [6.45, 7) is 0. The molecule has 1 amide bonds. The average molecular weight is 321 g/mol. The summed E-state index contributed by atoms with van der Waals surface area (Å²) in [4.78, 5) is 12.1. The lowest BCUT2D eigenvalue weighted by Gasteiger charge is -2.08. The van der Waals surface area contributed by atoms with Crippen molar-refractivity contribution >= 4 is 27.7 Å². The fourth-order valence-corrected chi connectivity index (χ4v) is 1.84. The van der Waals surface area contributed by atoms with Gasteiger partial charge in [-0.1, -0.05) is 15.9 Å². The van der Waals surface area contributed by atoms with E-state index in [4.69, 9.17) is 10.00 Å². The molecule has 0 unspecified atom stereocenters. The van der Waals surface area contributed by atoms with Gasteiger partial charge in [0.2, 0.25) is 0 Å². The van der Waals surface area contributed by atoms with Crippen molar-refractivity contribution < 1.29 is 9.53 Å². The van der Waals surface area contributed by atoms with Gasteiger partial charge in [0.05, 0.1) is 18.9 Å². The number of hydrogen-bond donors (Lipinski definition) is 2. The zero-order chi connectivity index (χ0) is 13.8. The number of nitrogens with zero attached hydrogens (tertiary/aromatic N) is 2. The van der Waals surface area contributed by atoms with Gasteiger partial charge in [-0.15, -0.1) is 0 Å². The number of carbonyl (C=O) groups is 1. The fourth-order valence-electron chi connectivity index (χ4n) is 1.50. The van der Waals surface area contributed by atoms with Crippen LogP contribution in [0.4, 0.5) is 5.82 Å². The number of benzene rings is 1. The highest BCUT2D eigenvalue weighted by molar-refractivity contribution is 9.10. The summed E-state index contributed by atoms with van der Waals surface area (Å²) in [5.74, 6) is 0.312. The van der Waals surface area contributed by atoms with E-state index in [0.29, 0.717) is 11.3 Å². The van der Waals surface area contributed by atoms with Gasteiger partial charge in [0.25, 0.3) is 5.91 Å². The first kappa shape index (κ1) is 13.1. The number of carbonyl (C=O) groups excluding carboxylic acids is 1. The van der Waals surface area contributed by atoms with Gasteiger partial charge < -0.3 is 10.1 Å². The Balaban J connectivity index is 2.28. The summed E-state index contributed by atoms with van der Waals surface area (Å²) in [5, 5.41) is 17.7. The molecule has 1 aromatic carbocycles. The van der Waals surface area contributed by atoms with Gasteiger partial charge in [0.15, 0.2) is 0 Å². The second-order valence-corrected chi connectivity index (χ2v) is 4.48. The number of halogens is 1. The van der Waals surface area contributed by atoms with Gasteiger partial charge in [-0.25, -0.2) is 0 Å². The number of rotatable bonds is 3. The summed E-state index contributed by atoms with van der Waals surface area (Å²) < 4.78 is 5.95. The largest absolute Gasteiger partial charge is 0.496 e. The van der Waals surface area contributed by atoms with Gasteiger partial charge in [-0.3, -0.25) is 9.89 Å². The van der Waals surface area contributed by atoms with Gasteiger partial charge in [0.1, 0.15) is 23.2 Å². The van der Waals surface area contributed by atoms with Crippen LogP contribution in [0.15, 0.2) is 28.9 Å². The third-order valence-corrected chi connectivity index (χ3v) is 2.90. The zero-order valence-electron chi connectivity index (χ0n) is 9.90. The van der Waals surface area contributed by atoms with Crippen molar-refractivity contribution in [2.75, 3.05) is 12.4 Å². The molecule has 0 radical (unpaired) electrons. The van der Waals surface area contributed by atoms with Crippen LogP contribution in [0.1, 0.15) is 15.9 Å². The molecule has 19 heavy (non-hydrogen) atoms. The first-order chi connectivity index (χ1) is 9.15. The highest BCUT2D eigenvalue weighted by Gasteiger charge is 2.15. The minimum Gasteiger partial charge on any atom is -0.496 e. The third-order valence-electron chi connectivity index (χ3n) is 2.41. The van der Waals surface area contributed by atoms with Crippen LogP contribution in [0.2, 0.25) is 0 Å². The van der Waals surface area contributed by atoms with Crippen LogP contribution in [-0.4, -0.2) is 23.2 Å². The molecule has 96 valence electrons. The first-order valence-corrected chi connectivity index (χ1v) is 6.03.